The van der Waals surface area contributed by atoms with Gasteiger partial charge in [-0.25, -0.2) is 0 Å². The second-order valence-corrected chi connectivity index (χ2v) is 5.98. The van der Waals surface area contributed by atoms with Crippen LogP contribution in [0.5, 0.6) is 0 Å². The van der Waals surface area contributed by atoms with Crippen LogP contribution in [0.2, 0.25) is 0 Å². The van der Waals surface area contributed by atoms with Crippen LogP contribution in [0.3, 0.4) is 0 Å². The standard InChI is InChI=1S/C16H23N5O/c1-3-12-8-9-14(19-12)16(22)18-11(2)15-20-17-10-21(15)13-6-4-5-7-13/h8-11,13,19H,3-7H2,1-2H3,(H,18,22)/t11-/m0/s1. The van der Waals surface area contributed by atoms with Crippen molar-refractivity contribution in [1.82, 2.24) is 25.1 Å². The largest absolute Gasteiger partial charge is 0.354 e. The molecule has 1 amide bonds. The molecule has 2 heterocycles. The Labute approximate surface area is 130 Å². The van der Waals surface area contributed by atoms with Crippen molar-refractivity contribution < 1.29 is 4.79 Å². The molecule has 0 saturated heterocycles. The number of hydrogen-bond acceptors (Lipinski definition) is 3. The summed E-state index contributed by atoms with van der Waals surface area (Å²) in [7, 11) is 0. The summed E-state index contributed by atoms with van der Waals surface area (Å²) in [5, 5.41) is 11.3. The highest BCUT2D eigenvalue weighted by molar-refractivity contribution is 5.92. The van der Waals surface area contributed by atoms with Gasteiger partial charge in [0.15, 0.2) is 5.82 Å². The Hall–Kier alpha value is -2.11. The van der Waals surface area contributed by atoms with E-state index in [4.69, 9.17) is 0 Å². The number of aromatic amines is 1. The zero-order valence-electron chi connectivity index (χ0n) is 13.2. The molecule has 1 atom stereocenters. The Kier molecular flexibility index (Phi) is 4.27. The first-order valence-corrected chi connectivity index (χ1v) is 8.07. The fraction of sp³-hybridized carbons (Fsp3) is 0.562. The van der Waals surface area contributed by atoms with Crippen molar-refractivity contribution in [3.05, 3.63) is 35.7 Å². The Morgan fingerprint density at radius 2 is 2.23 bits per heavy atom. The van der Waals surface area contributed by atoms with Crippen LogP contribution in [0.4, 0.5) is 0 Å². The molecule has 0 radical (unpaired) electrons. The minimum absolute atomic E-state index is 0.104. The Bertz CT molecular complexity index is 639. The minimum atomic E-state index is -0.163. The van der Waals surface area contributed by atoms with Crippen molar-refractivity contribution in [2.75, 3.05) is 0 Å². The van der Waals surface area contributed by atoms with E-state index in [9.17, 15) is 4.79 Å². The maximum absolute atomic E-state index is 12.3. The minimum Gasteiger partial charge on any atom is -0.354 e. The van der Waals surface area contributed by atoms with E-state index in [2.05, 4.69) is 32.0 Å². The van der Waals surface area contributed by atoms with E-state index in [1.54, 1.807) is 6.33 Å². The highest BCUT2D eigenvalue weighted by Crippen LogP contribution is 2.31. The van der Waals surface area contributed by atoms with Gasteiger partial charge in [0.1, 0.15) is 12.0 Å². The number of rotatable bonds is 5. The maximum atomic E-state index is 12.3. The lowest BCUT2D eigenvalue weighted by Gasteiger charge is -2.18. The van der Waals surface area contributed by atoms with Crippen LogP contribution in [0, 0.1) is 0 Å². The second-order valence-electron chi connectivity index (χ2n) is 5.98. The highest BCUT2D eigenvalue weighted by atomic mass is 16.1. The topological polar surface area (TPSA) is 75.6 Å². The molecule has 0 aromatic carbocycles. The predicted octanol–water partition coefficient (Wildman–Crippen LogP) is 2.77. The lowest BCUT2D eigenvalue weighted by atomic mass is 10.2. The molecular formula is C16H23N5O. The van der Waals surface area contributed by atoms with Gasteiger partial charge in [-0.15, -0.1) is 10.2 Å². The first kappa shape index (κ1) is 14.8. The van der Waals surface area contributed by atoms with Crippen molar-refractivity contribution in [3.8, 4) is 0 Å². The van der Waals surface area contributed by atoms with E-state index in [-0.39, 0.29) is 11.9 Å². The second kappa shape index (κ2) is 6.34. The Balaban J connectivity index is 1.70. The normalized spacial score (nSPS) is 16.8. The van der Waals surface area contributed by atoms with Gasteiger partial charge in [-0.1, -0.05) is 19.8 Å². The number of aromatic nitrogens is 4. The zero-order valence-corrected chi connectivity index (χ0v) is 13.2. The van der Waals surface area contributed by atoms with Crippen LogP contribution in [0.15, 0.2) is 18.5 Å². The van der Waals surface area contributed by atoms with E-state index in [0.29, 0.717) is 11.7 Å². The molecule has 0 bridgehead atoms. The Morgan fingerprint density at radius 1 is 1.45 bits per heavy atom. The van der Waals surface area contributed by atoms with Gasteiger partial charge in [-0.05, 0) is 38.3 Å². The molecule has 2 aromatic heterocycles. The number of aryl methyl sites for hydroxylation is 1. The summed E-state index contributed by atoms with van der Waals surface area (Å²) in [6.45, 7) is 4.01. The van der Waals surface area contributed by atoms with Gasteiger partial charge in [0.25, 0.3) is 5.91 Å². The zero-order chi connectivity index (χ0) is 15.5. The molecule has 3 rings (SSSR count). The molecule has 6 heteroatoms. The molecule has 2 aromatic rings. The third kappa shape index (κ3) is 2.91. The molecule has 118 valence electrons. The average molecular weight is 301 g/mol. The predicted molar refractivity (Wildman–Crippen MR) is 83.6 cm³/mol. The average Bonchev–Trinajstić information content (AvgIpc) is 3.25. The fourth-order valence-corrected chi connectivity index (χ4v) is 3.14. The van der Waals surface area contributed by atoms with Gasteiger partial charge < -0.3 is 14.9 Å². The number of amides is 1. The van der Waals surface area contributed by atoms with Gasteiger partial charge >= 0.3 is 0 Å². The van der Waals surface area contributed by atoms with Crippen molar-refractivity contribution in [2.24, 2.45) is 0 Å². The van der Waals surface area contributed by atoms with Gasteiger partial charge in [0.05, 0.1) is 6.04 Å². The van der Waals surface area contributed by atoms with Crippen LogP contribution < -0.4 is 5.32 Å². The van der Waals surface area contributed by atoms with Crippen LogP contribution in [0.1, 0.15) is 73.6 Å². The van der Waals surface area contributed by atoms with Gasteiger partial charge in [0, 0.05) is 11.7 Å². The van der Waals surface area contributed by atoms with E-state index in [1.165, 1.54) is 25.7 Å². The molecule has 0 aliphatic heterocycles. The summed E-state index contributed by atoms with van der Waals surface area (Å²) < 4.78 is 2.13. The molecule has 0 spiro atoms. The van der Waals surface area contributed by atoms with Gasteiger partial charge in [0.2, 0.25) is 0 Å². The van der Waals surface area contributed by atoms with Gasteiger partial charge in [-0.3, -0.25) is 4.79 Å². The summed E-state index contributed by atoms with van der Waals surface area (Å²) >= 11 is 0. The third-order valence-electron chi connectivity index (χ3n) is 4.43. The van der Waals surface area contributed by atoms with E-state index in [0.717, 1.165) is 17.9 Å². The summed E-state index contributed by atoms with van der Waals surface area (Å²) in [5.41, 5.74) is 1.66. The van der Waals surface area contributed by atoms with Crippen LogP contribution in [-0.2, 0) is 6.42 Å². The first-order valence-electron chi connectivity index (χ1n) is 8.07. The van der Waals surface area contributed by atoms with Crippen LogP contribution >= 0.6 is 0 Å². The molecule has 1 aliphatic carbocycles. The molecular weight excluding hydrogens is 278 g/mol. The number of nitrogens with zero attached hydrogens (tertiary/aromatic N) is 3. The molecule has 1 fully saturated rings. The summed E-state index contributed by atoms with van der Waals surface area (Å²) in [6, 6.07) is 4.08. The fourth-order valence-electron chi connectivity index (χ4n) is 3.14. The summed E-state index contributed by atoms with van der Waals surface area (Å²) in [4.78, 5) is 15.4. The molecule has 2 N–H and O–H groups in total. The van der Waals surface area contributed by atoms with Crippen LogP contribution in [-0.4, -0.2) is 25.7 Å². The van der Waals surface area contributed by atoms with E-state index in [1.807, 2.05) is 19.1 Å². The Morgan fingerprint density at radius 3 is 2.91 bits per heavy atom. The smallest absolute Gasteiger partial charge is 0.268 e. The molecule has 0 unspecified atom stereocenters. The molecule has 22 heavy (non-hydrogen) atoms. The lowest BCUT2D eigenvalue weighted by Crippen LogP contribution is -2.29. The maximum Gasteiger partial charge on any atom is 0.268 e. The quantitative estimate of drug-likeness (QED) is 0.891. The SMILES string of the molecule is CCc1ccc(C(=O)N[C@@H](C)c2nncn2C2CCCC2)[nH]1. The monoisotopic (exact) mass is 301 g/mol. The lowest BCUT2D eigenvalue weighted by molar-refractivity contribution is 0.0932. The van der Waals surface area contributed by atoms with E-state index < -0.39 is 0 Å². The number of carbonyl (C=O) groups is 1. The van der Waals surface area contributed by atoms with Crippen molar-refractivity contribution in [2.45, 2.75) is 58.0 Å². The highest BCUT2D eigenvalue weighted by Gasteiger charge is 2.23. The third-order valence-corrected chi connectivity index (χ3v) is 4.43. The molecule has 1 aliphatic rings. The van der Waals surface area contributed by atoms with Crippen molar-refractivity contribution >= 4 is 5.91 Å². The number of carbonyl (C=O) groups excluding carboxylic acids is 1. The summed E-state index contributed by atoms with van der Waals surface area (Å²) in [6.07, 6.45) is 7.53. The van der Waals surface area contributed by atoms with Crippen molar-refractivity contribution in [1.29, 1.82) is 0 Å². The van der Waals surface area contributed by atoms with Gasteiger partial charge in [-0.2, -0.15) is 0 Å². The number of nitrogens with one attached hydrogen (secondary N) is 2. The van der Waals surface area contributed by atoms with Crippen molar-refractivity contribution in [3.63, 3.8) is 0 Å². The van der Waals surface area contributed by atoms with Crippen LogP contribution in [0.25, 0.3) is 0 Å². The van der Waals surface area contributed by atoms with E-state index >= 15 is 0 Å². The summed E-state index contributed by atoms with van der Waals surface area (Å²) in [5.74, 6) is 0.732. The first-order chi connectivity index (χ1) is 10.7. The number of hydrogen-bond donors (Lipinski definition) is 2. The molecule has 6 nitrogen and oxygen atoms in total. The molecule has 1 saturated carbocycles. The number of H-pyrrole nitrogens is 1.